The Hall–Kier alpha value is -2.53. The second kappa shape index (κ2) is 10.6. The molecule has 2 unspecified atom stereocenters. The van der Waals surface area contributed by atoms with E-state index in [-0.39, 0.29) is 17.7 Å². The van der Waals surface area contributed by atoms with E-state index < -0.39 is 6.04 Å². The predicted molar refractivity (Wildman–Crippen MR) is 107 cm³/mol. The molecule has 0 aromatic heterocycles. The van der Waals surface area contributed by atoms with E-state index in [2.05, 4.69) is 10.6 Å². The number of benzene rings is 2. The number of hydrogen-bond acceptors (Lipinski definition) is 3. The smallest absolute Gasteiger partial charge is 0.251 e. The van der Waals surface area contributed by atoms with E-state index in [4.69, 9.17) is 16.3 Å². The van der Waals surface area contributed by atoms with Crippen molar-refractivity contribution in [3.8, 4) is 5.75 Å². The number of rotatable bonds is 9. The van der Waals surface area contributed by atoms with Gasteiger partial charge in [-0.1, -0.05) is 50.1 Å². The van der Waals surface area contributed by atoms with Crippen LogP contribution in [0.1, 0.15) is 30.6 Å². The van der Waals surface area contributed by atoms with Crippen molar-refractivity contribution < 1.29 is 14.3 Å². The Bertz CT molecular complexity index is 735. The summed E-state index contributed by atoms with van der Waals surface area (Å²) < 4.78 is 5.57. The van der Waals surface area contributed by atoms with Gasteiger partial charge in [0.25, 0.3) is 5.91 Å². The normalized spacial score (nSPS) is 12.7. The lowest BCUT2D eigenvalue weighted by molar-refractivity contribution is -0.124. The predicted octanol–water partition coefficient (Wildman–Crippen LogP) is 3.68. The van der Waals surface area contributed by atoms with Crippen molar-refractivity contribution in [1.29, 1.82) is 0 Å². The van der Waals surface area contributed by atoms with Crippen LogP contribution in [0.3, 0.4) is 0 Å². The minimum absolute atomic E-state index is 0.00912. The first-order valence-electron chi connectivity index (χ1n) is 9.03. The summed E-state index contributed by atoms with van der Waals surface area (Å²) in [7, 11) is 0. The first-order valence-corrected chi connectivity index (χ1v) is 9.41. The number of carbonyl (C=O) groups excluding carboxylic acids is 2. The van der Waals surface area contributed by atoms with Crippen LogP contribution >= 0.6 is 11.6 Å². The van der Waals surface area contributed by atoms with Crippen LogP contribution in [-0.2, 0) is 4.79 Å². The molecule has 0 bridgehead atoms. The van der Waals surface area contributed by atoms with Crippen LogP contribution in [0.5, 0.6) is 5.75 Å². The second-order valence-corrected chi connectivity index (χ2v) is 6.73. The lowest BCUT2D eigenvalue weighted by Crippen LogP contribution is -2.50. The first-order chi connectivity index (χ1) is 13.0. The molecular weight excluding hydrogens is 364 g/mol. The van der Waals surface area contributed by atoms with Crippen molar-refractivity contribution in [3.63, 3.8) is 0 Å². The van der Waals surface area contributed by atoms with Gasteiger partial charge in [-0.25, -0.2) is 0 Å². The van der Waals surface area contributed by atoms with Gasteiger partial charge in [0.15, 0.2) is 0 Å². The van der Waals surface area contributed by atoms with Crippen molar-refractivity contribution in [2.75, 3.05) is 13.2 Å². The average molecular weight is 389 g/mol. The summed E-state index contributed by atoms with van der Waals surface area (Å²) in [5.74, 6) is 0.223. The summed E-state index contributed by atoms with van der Waals surface area (Å²) in [6, 6.07) is 15.3. The molecule has 0 spiro atoms. The number of hydrogen-bond donors (Lipinski definition) is 2. The Balaban J connectivity index is 1.86. The quantitative estimate of drug-likeness (QED) is 0.644. The minimum Gasteiger partial charge on any atom is -0.492 e. The highest BCUT2D eigenvalue weighted by atomic mass is 35.5. The summed E-state index contributed by atoms with van der Waals surface area (Å²) in [6.07, 6.45) is 0.772. The van der Waals surface area contributed by atoms with Crippen molar-refractivity contribution >= 4 is 23.4 Å². The van der Waals surface area contributed by atoms with Gasteiger partial charge in [-0.3, -0.25) is 9.59 Å². The van der Waals surface area contributed by atoms with E-state index in [0.29, 0.717) is 29.5 Å². The average Bonchev–Trinajstić information content (AvgIpc) is 2.70. The Morgan fingerprint density at radius 1 is 1.07 bits per heavy atom. The molecular formula is C21H25ClN2O3. The molecule has 2 rings (SSSR count). The number of ether oxygens (including phenoxy) is 1. The van der Waals surface area contributed by atoms with Crippen molar-refractivity contribution in [3.05, 3.63) is 65.2 Å². The molecule has 6 heteroatoms. The summed E-state index contributed by atoms with van der Waals surface area (Å²) in [5.41, 5.74) is 0.532. The second-order valence-electron chi connectivity index (χ2n) is 6.30. The molecule has 2 atom stereocenters. The van der Waals surface area contributed by atoms with E-state index in [0.717, 1.165) is 6.42 Å². The lowest BCUT2D eigenvalue weighted by atomic mass is 9.98. The third kappa shape index (κ3) is 6.61. The topological polar surface area (TPSA) is 67.4 Å². The number of halogens is 1. The van der Waals surface area contributed by atoms with E-state index in [1.807, 2.05) is 19.9 Å². The molecule has 0 aliphatic carbocycles. The van der Waals surface area contributed by atoms with Crippen LogP contribution in [0.25, 0.3) is 0 Å². The molecule has 2 N–H and O–H groups in total. The number of amides is 2. The van der Waals surface area contributed by atoms with Crippen LogP contribution in [-0.4, -0.2) is 31.0 Å². The van der Waals surface area contributed by atoms with E-state index in [9.17, 15) is 9.59 Å². The van der Waals surface area contributed by atoms with Crippen LogP contribution in [0.2, 0.25) is 5.02 Å². The fourth-order valence-corrected chi connectivity index (χ4v) is 2.63. The highest BCUT2D eigenvalue weighted by molar-refractivity contribution is 6.30. The third-order valence-electron chi connectivity index (χ3n) is 4.30. The monoisotopic (exact) mass is 388 g/mol. The van der Waals surface area contributed by atoms with Crippen molar-refractivity contribution in [2.45, 2.75) is 26.3 Å². The summed E-state index contributed by atoms with van der Waals surface area (Å²) >= 11 is 5.83. The molecule has 2 aromatic carbocycles. The Kier molecular flexibility index (Phi) is 8.14. The molecule has 27 heavy (non-hydrogen) atoms. The van der Waals surface area contributed by atoms with E-state index in [1.54, 1.807) is 48.5 Å². The molecule has 0 fully saturated rings. The third-order valence-corrected chi connectivity index (χ3v) is 4.55. The standard InChI is InChI=1S/C21H25ClN2O3/c1-3-15(2)19(24-20(25)16-7-5-4-6-8-16)21(26)23-13-14-27-18-11-9-17(22)10-12-18/h4-12,15,19H,3,13-14H2,1-2H3,(H,23,26)(H,24,25). The molecule has 0 heterocycles. The molecule has 0 saturated carbocycles. The molecule has 5 nitrogen and oxygen atoms in total. The van der Waals surface area contributed by atoms with Crippen molar-refractivity contribution in [1.82, 2.24) is 10.6 Å². The van der Waals surface area contributed by atoms with Crippen LogP contribution in [0.15, 0.2) is 54.6 Å². The number of carbonyl (C=O) groups is 2. The highest BCUT2D eigenvalue weighted by Crippen LogP contribution is 2.15. The zero-order valence-corrected chi connectivity index (χ0v) is 16.3. The largest absolute Gasteiger partial charge is 0.492 e. The van der Waals surface area contributed by atoms with Crippen LogP contribution in [0, 0.1) is 5.92 Å². The first kappa shape index (κ1) is 20.8. The number of nitrogens with one attached hydrogen (secondary N) is 2. The van der Waals surface area contributed by atoms with Gasteiger partial charge in [-0.05, 0) is 42.3 Å². The van der Waals surface area contributed by atoms with Gasteiger partial charge < -0.3 is 15.4 Å². The summed E-state index contributed by atoms with van der Waals surface area (Å²) in [6.45, 7) is 4.60. The zero-order valence-electron chi connectivity index (χ0n) is 15.6. The fraction of sp³-hybridized carbons (Fsp3) is 0.333. The van der Waals surface area contributed by atoms with E-state index >= 15 is 0 Å². The Morgan fingerprint density at radius 3 is 2.37 bits per heavy atom. The minimum atomic E-state index is -0.599. The zero-order chi connectivity index (χ0) is 19.6. The van der Waals surface area contributed by atoms with Crippen LogP contribution < -0.4 is 15.4 Å². The molecule has 0 saturated heterocycles. The van der Waals surface area contributed by atoms with Gasteiger partial charge in [0.2, 0.25) is 5.91 Å². The van der Waals surface area contributed by atoms with Gasteiger partial charge >= 0.3 is 0 Å². The fourth-order valence-electron chi connectivity index (χ4n) is 2.50. The summed E-state index contributed by atoms with van der Waals surface area (Å²) in [4.78, 5) is 25.0. The summed E-state index contributed by atoms with van der Waals surface area (Å²) in [5, 5.41) is 6.31. The van der Waals surface area contributed by atoms with Gasteiger partial charge in [-0.15, -0.1) is 0 Å². The van der Waals surface area contributed by atoms with Gasteiger partial charge in [0.1, 0.15) is 18.4 Å². The maximum atomic E-state index is 12.6. The van der Waals surface area contributed by atoms with Crippen LogP contribution in [0.4, 0.5) is 0 Å². The molecule has 0 aliphatic heterocycles. The maximum Gasteiger partial charge on any atom is 0.251 e. The van der Waals surface area contributed by atoms with Crippen molar-refractivity contribution in [2.24, 2.45) is 5.92 Å². The SMILES string of the molecule is CCC(C)C(NC(=O)c1ccccc1)C(=O)NCCOc1ccc(Cl)cc1. The Morgan fingerprint density at radius 2 is 1.74 bits per heavy atom. The maximum absolute atomic E-state index is 12.6. The molecule has 2 amide bonds. The van der Waals surface area contributed by atoms with Gasteiger partial charge in [0.05, 0.1) is 6.54 Å². The highest BCUT2D eigenvalue weighted by Gasteiger charge is 2.26. The van der Waals surface area contributed by atoms with Gasteiger partial charge in [-0.2, -0.15) is 0 Å². The molecule has 2 aromatic rings. The lowest BCUT2D eigenvalue weighted by Gasteiger charge is -2.23. The van der Waals surface area contributed by atoms with E-state index in [1.165, 1.54) is 0 Å². The van der Waals surface area contributed by atoms with Gasteiger partial charge in [0, 0.05) is 10.6 Å². The molecule has 0 aliphatic rings. The Labute approximate surface area is 165 Å². The molecule has 144 valence electrons. The molecule has 0 radical (unpaired) electrons.